The highest BCUT2D eigenvalue weighted by Crippen LogP contribution is 2.06. The quantitative estimate of drug-likeness (QED) is 0.506. The van der Waals surface area contributed by atoms with Crippen molar-refractivity contribution in [1.29, 1.82) is 0 Å². The van der Waals surface area contributed by atoms with Crippen LogP contribution in [0, 0.1) is 0 Å². The molecule has 0 saturated carbocycles. The van der Waals surface area contributed by atoms with Crippen molar-refractivity contribution < 1.29 is 9.59 Å². The summed E-state index contributed by atoms with van der Waals surface area (Å²) >= 11 is 0. The predicted molar refractivity (Wildman–Crippen MR) is 33.7 cm³/mol. The average Bonchev–Trinajstić information content (AvgIpc) is 1.65. The predicted octanol–water partition coefficient (Wildman–Crippen LogP) is 0.400. The number of amides is 2. The van der Waals surface area contributed by atoms with E-state index in [2.05, 4.69) is 0 Å². The van der Waals surface area contributed by atoms with Gasteiger partial charge in [0.15, 0.2) is 0 Å². The number of rotatable bonds is 2. The topological polar surface area (TPSA) is 37.4 Å². The van der Waals surface area contributed by atoms with Crippen molar-refractivity contribution in [2.24, 2.45) is 0 Å². The van der Waals surface area contributed by atoms with Crippen molar-refractivity contribution in [1.82, 2.24) is 4.90 Å². The minimum absolute atomic E-state index is 0.385. The summed E-state index contributed by atoms with van der Waals surface area (Å²) in [5.41, 5.74) is -0.385. The van der Waals surface area contributed by atoms with Crippen LogP contribution in [0.15, 0.2) is 0 Å². The smallest absolute Gasteiger partial charge is 0.216 e. The molecule has 0 aliphatic carbocycles. The fraction of sp³-hybridized carbons (Fsp3) is 0.667. The van der Waals surface area contributed by atoms with Crippen LogP contribution in [-0.2, 0) is 9.59 Å². The van der Waals surface area contributed by atoms with Gasteiger partial charge in [0, 0.05) is 5.54 Å². The number of hydrogen-bond acceptors (Lipinski definition) is 2. The molecule has 0 unspecified atom stereocenters. The molecular formula is C6H11NO2. The van der Waals surface area contributed by atoms with Crippen LogP contribution < -0.4 is 0 Å². The minimum atomic E-state index is -0.385. The molecule has 0 N–H and O–H groups in total. The molecule has 0 aromatic heterocycles. The van der Waals surface area contributed by atoms with Gasteiger partial charge in [-0.15, -0.1) is 0 Å². The molecule has 0 saturated heterocycles. The second-order valence-corrected chi connectivity index (χ2v) is 2.79. The maximum absolute atomic E-state index is 10.1. The molecule has 2 amide bonds. The van der Waals surface area contributed by atoms with Crippen molar-refractivity contribution >= 4 is 12.8 Å². The summed E-state index contributed by atoms with van der Waals surface area (Å²) < 4.78 is 0. The summed E-state index contributed by atoms with van der Waals surface area (Å²) in [6.45, 7) is 5.36. The summed E-state index contributed by atoms with van der Waals surface area (Å²) in [4.78, 5) is 21.2. The Balaban J connectivity index is 4.11. The number of nitrogens with zero attached hydrogens (tertiary/aromatic N) is 1. The molecule has 0 aliphatic heterocycles. The van der Waals surface area contributed by atoms with Crippen LogP contribution in [0.4, 0.5) is 0 Å². The van der Waals surface area contributed by atoms with Crippen LogP contribution in [0.2, 0.25) is 0 Å². The van der Waals surface area contributed by atoms with Crippen LogP contribution in [-0.4, -0.2) is 23.3 Å². The number of hydrogen-bond donors (Lipinski definition) is 0. The largest absolute Gasteiger partial charge is 0.282 e. The molecule has 0 spiro atoms. The molecule has 3 nitrogen and oxygen atoms in total. The van der Waals surface area contributed by atoms with Crippen LogP contribution in [0.1, 0.15) is 20.8 Å². The Bertz CT molecular complexity index is 107. The Morgan fingerprint density at radius 3 is 1.44 bits per heavy atom. The normalized spacial score (nSPS) is 10.6. The monoisotopic (exact) mass is 129 g/mol. The Kier molecular flexibility index (Phi) is 2.37. The van der Waals surface area contributed by atoms with E-state index < -0.39 is 0 Å². The molecule has 0 rings (SSSR count). The van der Waals surface area contributed by atoms with E-state index >= 15 is 0 Å². The zero-order valence-electron chi connectivity index (χ0n) is 5.92. The van der Waals surface area contributed by atoms with Crippen LogP contribution in [0.3, 0.4) is 0 Å². The van der Waals surface area contributed by atoms with E-state index in [0.29, 0.717) is 12.8 Å². The van der Waals surface area contributed by atoms with Gasteiger partial charge in [-0.25, -0.2) is 0 Å². The molecule has 0 heterocycles. The van der Waals surface area contributed by atoms with Gasteiger partial charge in [0.05, 0.1) is 0 Å². The van der Waals surface area contributed by atoms with Gasteiger partial charge < -0.3 is 0 Å². The third-order valence-corrected chi connectivity index (χ3v) is 1.00. The van der Waals surface area contributed by atoms with Crippen molar-refractivity contribution in [2.75, 3.05) is 0 Å². The van der Waals surface area contributed by atoms with E-state index in [-0.39, 0.29) is 5.54 Å². The highest BCUT2D eigenvalue weighted by Gasteiger charge is 2.17. The summed E-state index contributed by atoms with van der Waals surface area (Å²) in [7, 11) is 0. The lowest BCUT2D eigenvalue weighted by atomic mass is 10.1. The lowest BCUT2D eigenvalue weighted by molar-refractivity contribution is -0.134. The van der Waals surface area contributed by atoms with Gasteiger partial charge in [-0.2, -0.15) is 0 Å². The van der Waals surface area contributed by atoms with Gasteiger partial charge in [0.1, 0.15) is 0 Å². The minimum Gasteiger partial charge on any atom is -0.282 e. The number of carbonyl (C=O) groups excluding carboxylic acids is 2. The van der Waals surface area contributed by atoms with Crippen molar-refractivity contribution in [3.05, 3.63) is 0 Å². The van der Waals surface area contributed by atoms with E-state index in [1.54, 1.807) is 20.8 Å². The standard InChI is InChI=1S/C6H11NO2/c1-6(2,3)7(4-8)5-9/h4-5H,1-3H3. The molecule has 3 heteroatoms. The Hall–Kier alpha value is -0.860. The van der Waals surface area contributed by atoms with Gasteiger partial charge in [0.25, 0.3) is 0 Å². The van der Waals surface area contributed by atoms with Gasteiger partial charge >= 0.3 is 0 Å². The van der Waals surface area contributed by atoms with E-state index in [0.717, 1.165) is 4.90 Å². The maximum atomic E-state index is 10.1. The molecule has 9 heavy (non-hydrogen) atoms. The fourth-order valence-corrected chi connectivity index (χ4v) is 0.341. The van der Waals surface area contributed by atoms with E-state index in [4.69, 9.17) is 0 Å². The molecule has 0 aromatic carbocycles. The molecule has 0 aromatic rings. The molecule has 0 fully saturated rings. The first-order valence-corrected chi connectivity index (χ1v) is 2.71. The highest BCUT2D eigenvalue weighted by atomic mass is 16.2. The molecular weight excluding hydrogens is 118 g/mol. The zero-order valence-corrected chi connectivity index (χ0v) is 5.92. The molecule has 0 atom stereocenters. The van der Waals surface area contributed by atoms with Crippen molar-refractivity contribution in [3.8, 4) is 0 Å². The number of carbonyl (C=O) groups is 2. The summed E-state index contributed by atoms with van der Waals surface area (Å²) in [6, 6.07) is 0. The Labute approximate surface area is 54.6 Å². The van der Waals surface area contributed by atoms with Gasteiger partial charge in [0.2, 0.25) is 12.8 Å². The first-order valence-electron chi connectivity index (χ1n) is 2.71. The second-order valence-electron chi connectivity index (χ2n) is 2.79. The lowest BCUT2D eigenvalue weighted by Gasteiger charge is -2.25. The van der Waals surface area contributed by atoms with Crippen LogP contribution >= 0.6 is 0 Å². The first kappa shape index (κ1) is 8.14. The van der Waals surface area contributed by atoms with Crippen molar-refractivity contribution in [3.63, 3.8) is 0 Å². The van der Waals surface area contributed by atoms with Crippen LogP contribution in [0.25, 0.3) is 0 Å². The van der Waals surface area contributed by atoms with E-state index in [1.165, 1.54) is 0 Å². The van der Waals surface area contributed by atoms with Gasteiger partial charge in [-0.05, 0) is 20.8 Å². The summed E-state index contributed by atoms with van der Waals surface area (Å²) in [5, 5.41) is 0. The average molecular weight is 129 g/mol. The Morgan fingerprint density at radius 2 is 1.44 bits per heavy atom. The van der Waals surface area contributed by atoms with Crippen molar-refractivity contribution in [2.45, 2.75) is 26.3 Å². The van der Waals surface area contributed by atoms with Gasteiger partial charge in [-0.3, -0.25) is 14.5 Å². The van der Waals surface area contributed by atoms with E-state index in [1.807, 2.05) is 0 Å². The third kappa shape index (κ3) is 2.26. The fourth-order valence-electron chi connectivity index (χ4n) is 0.341. The molecule has 0 aliphatic rings. The zero-order chi connectivity index (χ0) is 7.49. The first-order chi connectivity index (χ1) is 4.02. The Morgan fingerprint density at radius 1 is 1.11 bits per heavy atom. The van der Waals surface area contributed by atoms with E-state index in [9.17, 15) is 9.59 Å². The maximum Gasteiger partial charge on any atom is 0.216 e. The second kappa shape index (κ2) is 2.62. The molecule has 0 radical (unpaired) electrons. The van der Waals surface area contributed by atoms with Gasteiger partial charge in [-0.1, -0.05) is 0 Å². The summed E-state index contributed by atoms with van der Waals surface area (Å²) in [6.07, 6.45) is 1.04. The van der Waals surface area contributed by atoms with Crippen LogP contribution in [0.5, 0.6) is 0 Å². The lowest BCUT2D eigenvalue weighted by Crippen LogP contribution is -2.38. The highest BCUT2D eigenvalue weighted by molar-refractivity contribution is 5.69. The molecule has 52 valence electrons. The number of imide groups is 1. The third-order valence-electron chi connectivity index (χ3n) is 1.00. The molecule has 0 bridgehead atoms. The SMILES string of the molecule is CC(C)(C)N(C=O)C=O. The summed E-state index contributed by atoms with van der Waals surface area (Å²) in [5.74, 6) is 0.